The first kappa shape index (κ1) is 12.7. The molecule has 0 aliphatic heterocycles. The van der Waals surface area contributed by atoms with E-state index in [2.05, 4.69) is 13.0 Å². The summed E-state index contributed by atoms with van der Waals surface area (Å²) in [7, 11) is 3.44. The lowest BCUT2D eigenvalue weighted by Gasteiger charge is -2.04. The summed E-state index contributed by atoms with van der Waals surface area (Å²) in [6.07, 6.45) is 7.24. The van der Waals surface area contributed by atoms with Crippen LogP contribution < -0.4 is 0 Å². The van der Waals surface area contributed by atoms with Crippen LogP contribution in [0.15, 0.2) is 11.6 Å². The standard InChI is InChI=1S/C11H22O2/c1-4-5-6-7-8-11(9-12-2)10-13-3/h8H,4-7,9-10H2,1-3H3. The Balaban J connectivity index is 3.61. The fourth-order valence-corrected chi connectivity index (χ4v) is 1.23. The summed E-state index contributed by atoms with van der Waals surface area (Å²) in [5, 5.41) is 0. The maximum Gasteiger partial charge on any atom is 0.0695 e. The molecule has 0 rings (SSSR count). The molecule has 0 atom stereocenters. The van der Waals surface area contributed by atoms with Crippen LogP contribution in [0, 0.1) is 0 Å². The molecule has 2 heteroatoms. The molecule has 0 saturated heterocycles. The molecule has 0 aromatic rings. The molecule has 0 aromatic carbocycles. The first-order chi connectivity index (χ1) is 6.35. The Morgan fingerprint density at radius 1 is 1.08 bits per heavy atom. The lowest BCUT2D eigenvalue weighted by molar-refractivity contribution is 0.181. The van der Waals surface area contributed by atoms with Crippen LogP contribution >= 0.6 is 0 Å². The van der Waals surface area contributed by atoms with Crippen molar-refractivity contribution in [2.24, 2.45) is 0 Å². The molecule has 0 aliphatic carbocycles. The molecule has 0 N–H and O–H groups in total. The van der Waals surface area contributed by atoms with Gasteiger partial charge in [-0.2, -0.15) is 0 Å². The Morgan fingerprint density at radius 2 is 1.69 bits per heavy atom. The van der Waals surface area contributed by atoms with Crippen LogP contribution in [0.3, 0.4) is 0 Å². The normalized spacial score (nSPS) is 10.1. The van der Waals surface area contributed by atoms with E-state index in [9.17, 15) is 0 Å². The van der Waals surface area contributed by atoms with E-state index in [0.717, 1.165) is 6.42 Å². The lowest BCUT2D eigenvalue weighted by atomic mass is 10.1. The summed E-state index contributed by atoms with van der Waals surface area (Å²) < 4.78 is 10.1. The van der Waals surface area contributed by atoms with Crippen LogP contribution in [0.1, 0.15) is 32.6 Å². The summed E-state index contributed by atoms with van der Waals surface area (Å²) >= 11 is 0. The third-order valence-corrected chi connectivity index (χ3v) is 1.90. The third-order valence-electron chi connectivity index (χ3n) is 1.90. The summed E-state index contributed by atoms with van der Waals surface area (Å²) in [6.45, 7) is 3.61. The minimum Gasteiger partial charge on any atom is -0.380 e. The number of unbranched alkanes of at least 4 members (excludes halogenated alkanes) is 3. The second kappa shape index (κ2) is 9.75. The summed E-state index contributed by atoms with van der Waals surface area (Å²) in [5.74, 6) is 0. The monoisotopic (exact) mass is 186 g/mol. The largest absolute Gasteiger partial charge is 0.380 e. The molecule has 13 heavy (non-hydrogen) atoms. The van der Waals surface area contributed by atoms with Gasteiger partial charge in [-0.3, -0.25) is 0 Å². The van der Waals surface area contributed by atoms with Crippen molar-refractivity contribution in [2.45, 2.75) is 32.6 Å². The number of hydrogen-bond acceptors (Lipinski definition) is 2. The molecule has 0 bridgehead atoms. The van der Waals surface area contributed by atoms with Gasteiger partial charge in [-0.1, -0.05) is 25.8 Å². The third kappa shape index (κ3) is 8.00. The Hall–Kier alpha value is -0.340. The first-order valence-corrected chi connectivity index (χ1v) is 5.00. The van der Waals surface area contributed by atoms with Crippen LogP contribution in [-0.4, -0.2) is 27.4 Å². The van der Waals surface area contributed by atoms with E-state index >= 15 is 0 Å². The van der Waals surface area contributed by atoms with Crippen LogP contribution in [0.2, 0.25) is 0 Å². The van der Waals surface area contributed by atoms with Gasteiger partial charge in [0.05, 0.1) is 13.2 Å². The van der Waals surface area contributed by atoms with Gasteiger partial charge < -0.3 is 9.47 Å². The molecule has 0 radical (unpaired) electrons. The summed E-state index contributed by atoms with van der Waals surface area (Å²) in [6, 6.07) is 0. The first-order valence-electron chi connectivity index (χ1n) is 5.00. The Morgan fingerprint density at radius 3 is 2.15 bits per heavy atom. The number of hydrogen-bond donors (Lipinski definition) is 0. The average Bonchev–Trinajstić information content (AvgIpc) is 2.13. The molecule has 0 saturated carbocycles. The van der Waals surface area contributed by atoms with E-state index < -0.39 is 0 Å². The number of rotatable bonds is 8. The van der Waals surface area contributed by atoms with Crippen molar-refractivity contribution in [3.8, 4) is 0 Å². The zero-order chi connectivity index (χ0) is 9.94. The molecule has 0 spiro atoms. The van der Waals surface area contributed by atoms with Crippen LogP contribution in [0.4, 0.5) is 0 Å². The highest BCUT2D eigenvalue weighted by Gasteiger charge is 1.94. The fourth-order valence-electron chi connectivity index (χ4n) is 1.23. The minimum absolute atomic E-state index is 0.694. The average molecular weight is 186 g/mol. The van der Waals surface area contributed by atoms with Crippen molar-refractivity contribution in [1.29, 1.82) is 0 Å². The molecule has 0 heterocycles. The predicted octanol–water partition coefficient (Wildman–Crippen LogP) is 2.79. The molecular weight excluding hydrogens is 164 g/mol. The quantitative estimate of drug-likeness (QED) is 0.428. The van der Waals surface area contributed by atoms with Gasteiger partial charge in [-0.05, 0) is 18.4 Å². The predicted molar refractivity (Wildman–Crippen MR) is 56.0 cm³/mol. The zero-order valence-corrected chi connectivity index (χ0v) is 9.14. The number of methoxy groups -OCH3 is 2. The topological polar surface area (TPSA) is 18.5 Å². The second-order valence-corrected chi connectivity index (χ2v) is 3.22. The highest BCUT2D eigenvalue weighted by atomic mass is 16.5. The summed E-state index contributed by atoms with van der Waals surface area (Å²) in [5.41, 5.74) is 1.25. The van der Waals surface area contributed by atoms with Gasteiger partial charge in [-0.15, -0.1) is 0 Å². The van der Waals surface area contributed by atoms with Crippen LogP contribution in [-0.2, 0) is 9.47 Å². The van der Waals surface area contributed by atoms with E-state index in [1.165, 1.54) is 24.8 Å². The molecular formula is C11H22O2. The molecule has 0 aliphatic rings. The van der Waals surface area contributed by atoms with Crippen molar-refractivity contribution in [1.82, 2.24) is 0 Å². The Labute approximate surface area is 81.9 Å². The van der Waals surface area contributed by atoms with Gasteiger partial charge in [0.15, 0.2) is 0 Å². The number of allylic oxidation sites excluding steroid dienone is 1. The highest BCUT2D eigenvalue weighted by molar-refractivity contribution is 5.02. The van der Waals surface area contributed by atoms with Gasteiger partial charge in [0.2, 0.25) is 0 Å². The maximum absolute atomic E-state index is 5.07. The SMILES string of the molecule is CCCCCC=C(COC)COC. The van der Waals surface area contributed by atoms with Crippen molar-refractivity contribution in [3.63, 3.8) is 0 Å². The van der Waals surface area contributed by atoms with E-state index in [1.54, 1.807) is 14.2 Å². The van der Waals surface area contributed by atoms with Gasteiger partial charge in [-0.25, -0.2) is 0 Å². The minimum atomic E-state index is 0.694. The van der Waals surface area contributed by atoms with Crippen molar-refractivity contribution in [2.75, 3.05) is 27.4 Å². The molecule has 0 unspecified atom stereocenters. The molecule has 78 valence electrons. The molecule has 2 nitrogen and oxygen atoms in total. The fraction of sp³-hybridized carbons (Fsp3) is 0.818. The van der Waals surface area contributed by atoms with Gasteiger partial charge >= 0.3 is 0 Å². The van der Waals surface area contributed by atoms with Crippen molar-refractivity contribution < 1.29 is 9.47 Å². The Bertz CT molecular complexity index is 122. The molecule has 0 aromatic heterocycles. The van der Waals surface area contributed by atoms with Crippen LogP contribution in [0.25, 0.3) is 0 Å². The summed E-state index contributed by atoms with van der Waals surface area (Å²) in [4.78, 5) is 0. The van der Waals surface area contributed by atoms with E-state index in [-0.39, 0.29) is 0 Å². The van der Waals surface area contributed by atoms with E-state index in [0.29, 0.717) is 13.2 Å². The molecule has 0 fully saturated rings. The van der Waals surface area contributed by atoms with Crippen molar-refractivity contribution >= 4 is 0 Å². The number of ether oxygens (including phenoxy) is 2. The van der Waals surface area contributed by atoms with Gasteiger partial charge in [0.25, 0.3) is 0 Å². The second-order valence-electron chi connectivity index (χ2n) is 3.22. The molecule has 0 amide bonds. The van der Waals surface area contributed by atoms with Crippen LogP contribution in [0.5, 0.6) is 0 Å². The maximum atomic E-state index is 5.07. The van der Waals surface area contributed by atoms with Gasteiger partial charge in [0.1, 0.15) is 0 Å². The highest BCUT2D eigenvalue weighted by Crippen LogP contribution is 2.04. The smallest absolute Gasteiger partial charge is 0.0695 e. The lowest BCUT2D eigenvalue weighted by Crippen LogP contribution is -2.01. The van der Waals surface area contributed by atoms with Crippen molar-refractivity contribution in [3.05, 3.63) is 11.6 Å². The van der Waals surface area contributed by atoms with Gasteiger partial charge in [0, 0.05) is 14.2 Å². The van der Waals surface area contributed by atoms with E-state index in [4.69, 9.17) is 9.47 Å². The zero-order valence-electron chi connectivity index (χ0n) is 9.14. The Kier molecular flexibility index (Phi) is 9.49. The van der Waals surface area contributed by atoms with E-state index in [1.807, 2.05) is 0 Å².